The molecule has 0 spiro atoms. The lowest BCUT2D eigenvalue weighted by Crippen LogP contribution is -2.51. The van der Waals surface area contributed by atoms with Crippen molar-refractivity contribution in [1.82, 2.24) is 10.2 Å². The molecular weight excluding hydrogens is 497 g/mol. The number of rotatable bonds is 10. The second-order valence-electron chi connectivity index (χ2n) is 8.58. The third-order valence-electron chi connectivity index (χ3n) is 5.34. The third kappa shape index (κ3) is 7.35. The van der Waals surface area contributed by atoms with Crippen molar-refractivity contribution in [2.24, 2.45) is 5.92 Å². The summed E-state index contributed by atoms with van der Waals surface area (Å²) in [5.74, 6) is -0.647. The average molecular weight is 529 g/mol. The van der Waals surface area contributed by atoms with E-state index < -0.39 is 28.5 Å². The molecule has 0 aromatic heterocycles. The molecule has 0 aliphatic carbocycles. The molecule has 1 N–H and O–H groups in total. The van der Waals surface area contributed by atoms with Gasteiger partial charge < -0.3 is 10.2 Å². The summed E-state index contributed by atoms with van der Waals surface area (Å²) in [6.07, 6.45) is 1.03. The summed E-state index contributed by atoms with van der Waals surface area (Å²) < 4.78 is 26.3. The molecule has 2 rings (SSSR count). The van der Waals surface area contributed by atoms with E-state index in [1.54, 1.807) is 56.3 Å². The molecule has 1 unspecified atom stereocenters. The van der Waals surface area contributed by atoms with Gasteiger partial charge in [-0.2, -0.15) is 0 Å². The van der Waals surface area contributed by atoms with Gasteiger partial charge in [0, 0.05) is 23.1 Å². The highest BCUT2D eigenvalue weighted by Crippen LogP contribution is 2.28. The Morgan fingerprint density at radius 3 is 2.21 bits per heavy atom. The number of sulfonamides is 1. The van der Waals surface area contributed by atoms with E-state index in [2.05, 4.69) is 5.32 Å². The van der Waals surface area contributed by atoms with Crippen molar-refractivity contribution in [3.8, 4) is 0 Å². The van der Waals surface area contributed by atoms with E-state index in [1.165, 1.54) is 4.90 Å². The van der Waals surface area contributed by atoms with Crippen LogP contribution in [0.4, 0.5) is 5.69 Å². The molecule has 0 heterocycles. The predicted molar refractivity (Wildman–Crippen MR) is 138 cm³/mol. The Hall–Kier alpha value is -2.29. The van der Waals surface area contributed by atoms with Gasteiger partial charge in [0.2, 0.25) is 21.8 Å². The summed E-state index contributed by atoms with van der Waals surface area (Å²) in [6.45, 7) is 7.23. The van der Waals surface area contributed by atoms with Crippen molar-refractivity contribution in [3.63, 3.8) is 0 Å². The van der Waals surface area contributed by atoms with E-state index in [-0.39, 0.29) is 18.4 Å². The highest BCUT2D eigenvalue weighted by atomic mass is 35.5. The number of hydrogen-bond acceptors (Lipinski definition) is 4. The van der Waals surface area contributed by atoms with Gasteiger partial charge in [0.1, 0.15) is 12.6 Å². The molecule has 0 aliphatic rings. The molecule has 0 radical (unpaired) electrons. The topological polar surface area (TPSA) is 86.8 Å². The number of carbonyl (C=O) groups excluding carboxylic acids is 2. The molecule has 2 amide bonds. The summed E-state index contributed by atoms with van der Waals surface area (Å²) >= 11 is 12.5. The van der Waals surface area contributed by atoms with E-state index in [4.69, 9.17) is 23.2 Å². The van der Waals surface area contributed by atoms with Crippen molar-refractivity contribution < 1.29 is 18.0 Å². The first kappa shape index (κ1) is 28.0. The van der Waals surface area contributed by atoms with Crippen molar-refractivity contribution in [2.45, 2.75) is 40.3 Å². The lowest BCUT2D eigenvalue weighted by Gasteiger charge is -2.32. The fraction of sp³-hybridized carbons (Fsp3) is 0.417. The molecule has 0 aliphatic heterocycles. The SMILES string of the molecule is Cc1c(Cl)cccc1N(CC(=O)N(Cc1ccccc1Cl)C(C)C(=O)NCC(C)C)S(C)(=O)=O. The maximum Gasteiger partial charge on any atom is 0.244 e. The maximum absolute atomic E-state index is 13.5. The molecule has 10 heteroatoms. The Bertz CT molecular complexity index is 1140. The standard InChI is InChI=1S/C24H31Cl2N3O4S/c1-16(2)13-27-24(31)18(4)28(14-19-9-6-7-10-21(19)26)23(30)15-29(34(5,32)33)22-12-8-11-20(25)17(22)3/h6-12,16,18H,13-15H2,1-5H3,(H,27,31). The second kappa shape index (κ2) is 11.9. The summed E-state index contributed by atoms with van der Waals surface area (Å²) in [4.78, 5) is 27.7. The van der Waals surface area contributed by atoms with E-state index in [9.17, 15) is 18.0 Å². The lowest BCUT2D eigenvalue weighted by molar-refractivity contribution is -0.139. The number of benzene rings is 2. The van der Waals surface area contributed by atoms with Crippen LogP contribution in [0.1, 0.15) is 31.9 Å². The zero-order valence-electron chi connectivity index (χ0n) is 20.0. The first-order valence-corrected chi connectivity index (χ1v) is 13.5. The van der Waals surface area contributed by atoms with Crippen LogP contribution in [0.25, 0.3) is 0 Å². The Labute approximate surface area is 212 Å². The number of anilines is 1. The lowest BCUT2D eigenvalue weighted by atomic mass is 10.1. The van der Waals surface area contributed by atoms with Gasteiger partial charge in [0.05, 0.1) is 11.9 Å². The smallest absolute Gasteiger partial charge is 0.244 e. The first-order valence-electron chi connectivity index (χ1n) is 10.9. The molecule has 34 heavy (non-hydrogen) atoms. The van der Waals surface area contributed by atoms with Gasteiger partial charge in [0.25, 0.3) is 0 Å². The van der Waals surface area contributed by atoms with Gasteiger partial charge in [-0.1, -0.05) is 61.3 Å². The van der Waals surface area contributed by atoms with Gasteiger partial charge in [-0.25, -0.2) is 8.42 Å². The molecule has 0 saturated carbocycles. The van der Waals surface area contributed by atoms with Crippen molar-refractivity contribution in [2.75, 3.05) is 23.7 Å². The monoisotopic (exact) mass is 527 g/mol. The Morgan fingerprint density at radius 1 is 1.00 bits per heavy atom. The number of carbonyl (C=O) groups is 2. The van der Waals surface area contributed by atoms with Crippen LogP contribution in [0, 0.1) is 12.8 Å². The molecule has 0 saturated heterocycles. The van der Waals surface area contributed by atoms with E-state index in [1.807, 2.05) is 13.8 Å². The highest BCUT2D eigenvalue weighted by molar-refractivity contribution is 7.92. The van der Waals surface area contributed by atoms with E-state index >= 15 is 0 Å². The van der Waals surface area contributed by atoms with Gasteiger partial charge in [-0.15, -0.1) is 0 Å². The quantitative estimate of drug-likeness (QED) is 0.500. The minimum Gasteiger partial charge on any atom is -0.354 e. The molecule has 1 atom stereocenters. The molecule has 0 fully saturated rings. The second-order valence-corrected chi connectivity index (χ2v) is 11.3. The molecule has 186 valence electrons. The Balaban J connectivity index is 2.43. The van der Waals surface area contributed by atoms with Gasteiger partial charge in [-0.05, 0) is 49.1 Å². The van der Waals surface area contributed by atoms with Gasteiger partial charge >= 0.3 is 0 Å². The highest BCUT2D eigenvalue weighted by Gasteiger charge is 2.31. The molecule has 7 nitrogen and oxygen atoms in total. The van der Waals surface area contributed by atoms with Crippen LogP contribution in [0.15, 0.2) is 42.5 Å². The minimum absolute atomic E-state index is 0.0426. The molecular formula is C24H31Cl2N3O4S. The zero-order chi connectivity index (χ0) is 25.6. The summed E-state index contributed by atoms with van der Waals surface area (Å²) in [5, 5.41) is 3.66. The van der Waals surface area contributed by atoms with Crippen molar-refractivity contribution >= 4 is 50.7 Å². The number of hydrogen-bond donors (Lipinski definition) is 1. The van der Waals surface area contributed by atoms with Crippen molar-refractivity contribution in [1.29, 1.82) is 0 Å². The summed E-state index contributed by atoms with van der Waals surface area (Å²) in [7, 11) is -3.83. The predicted octanol–water partition coefficient (Wildman–Crippen LogP) is 4.26. The van der Waals surface area contributed by atoms with Crippen LogP contribution < -0.4 is 9.62 Å². The molecule has 0 bridgehead atoms. The van der Waals surface area contributed by atoms with Crippen molar-refractivity contribution in [3.05, 3.63) is 63.6 Å². The van der Waals surface area contributed by atoms with Crippen LogP contribution in [-0.2, 0) is 26.2 Å². The maximum atomic E-state index is 13.5. The first-order chi connectivity index (χ1) is 15.8. The van der Waals surface area contributed by atoms with Crippen LogP contribution in [0.5, 0.6) is 0 Å². The largest absolute Gasteiger partial charge is 0.354 e. The van der Waals surface area contributed by atoms with Crippen LogP contribution in [0.2, 0.25) is 10.0 Å². The number of nitrogens with zero attached hydrogens (tertiary/aromatic N) is 2. The van der Waals surface area contributed by atoms with Gasteiger partial charge in [-0.3, -0.25) is 13.9 Å². The Kier molecular flexibility index (Phi) is 9.79. The zero-order valence-corrected chi connectivity index (χ0v) is 22.3. The van der Waals surface area contributed by atoms with E-state index in [0.29, 0.717) is 33.4 Å². The average Bonchev–Trinajstić information content (AvgIpc) is 2.76. The van der Waals surface area contributed by atoms with Crippen LogP contribution >= 0.6 is 23.2 Å². The fourth-order valence-corrected chi connectivity index (χ4v) is 4.57. The number of amides is 2. The Morgan fingerprint density at radius 2 is 1.62 bits per heavy atom. The summed E-state index contributed by atoms with van der Waals surface area (Å²) in [5.41, 5.74) is 1.48. The normalized spacial score (nSPS) is 12.4. The number of nitrogens with one attached hydrogen (secondary N) is 1. The minimum atomic E-state index is -3.83. The van der Waals surface area contributed by atoms with Crippen LogP contribution in [-0.4, -0.2) is 50.5 Å². The summed E-state index contributed by atoms with van der Waals surface area (Å²) in [6, 6.07) is 11.0. The molecule has 2 aromatic carbocycles. The van der Waals surface area contributed by atoms with Crippen LogP contribution in [0.3, 0.4) is 0 Å². The third-order valence-corrected chi connectivity index (χ3v) is 7.24. The van der Waals surface area contributed by atoms with E-state index in [0.717, 1.165) is 10.6 Å². The van der Waals surface area contributed by atoms with Gasteiger partial charge in [0.15, 0.2) is 0 Å². The molecule has 2 aromatic rings. The fourth-order valence-electron chi connectivity index (χ4n) is 3.31. The number of halogens is 2.